The molecule has 0 radical (unpaired) electrons. The molecule has 0 aliphatic carbocycles. The van der Waals surface area contributed by atoms with Crippen LogP contribution in [-0.4, -0.2) is 25.4 Å². The molecule has 0 amide bonds. The highest BCUT2D eigenvalue weighted by molar-refractivity contribution is 7.90. The molecule has 0 saturated heterocycles. The zero-order valence-corrected chi connectivity index (χ0v) is 14.9. The smallest absolute Gasteiger partial charge is 0.267 e. The number of halogens is 1. The van der Waals surface area contributed by atoms with Gasteiger partial charge in [-0.15, -0.1) is 0 Å². The summed E-state index contributed by atoms with van der Waals surface area (Å²) in [5.74, 6) is -0.667. The number of rotatable bonds is 5. The Morgan fingerprint density at radius 2 is 2.12 bits per heavy atom. The van der Waals surface area contributed by atoms with Crippen LogP contribution in [0.1, 0.15) is 13.8 Å². The largest absolute Gasteiger partial charge is 0.354 e. The van der Waals surface area contributed by atoms with Crippen molar-refractivity contribution in [2.75, 3.05) is 5.32 Å². The number of benzene rings is 1. The first kappa shape index (κ1) is 19.1. The predicted molar refractivity (Wildman–Crippen MR) is 95.6 cm³/mol. The van der Waals surface area contributed by atoms with Crippen LogP contribution < -0.4 is 15.4 Å². The molecule has 8 nitrogen and oxygen atoms in total. The van der Waals surface area contributed by atoms with Crippen LogP contribution in [0.3, 0.4) is 0 Å². The fourth-order valence-corrected chi connectivity index (χ4v) is 3.07. The van der Waals surface area contributed by atoms with Crippen LogP contribution in [0.25, 0.3) is 0 Å². The number of aromatic nitrogens is 1. The van der Waals surface area contributed by atoms with Gasteiger partial charge in [-0.05, 0) is 38.1 Å². The maximum absolute atomic E-state index is 13.3. The monoisotopic (exact) mass is 376 g/mol. The first-order valence-corrected chi connectivity index (χ1v) is 9.02. The van der Waals surface area contributed by atoms with Gasteiger partial charge in [-0.25, -0.2) is 22.5 Å². The van der Waals surface area contributed by atoms with Gasteiger partial charge >= 0.3 is 0 Å². The number of nitriles is 1. The number of hydrogen-bond donors (Lipinski definition) is 3. The lowest BCUT2D eigenvalue weighted by atomic mass is 10.3. The number of anilines is 2. The third-order valence-corrected chi connectivity index (χ3v) is 4.34. The van der Waals surface area contributed by atoms with Gasteiger partial charge in [0.2, 0.25) is 5.96 Å². The number of guanidine groups is 1. The van der Waals surface area contributed by atoms with Crippen LogP contribution >= 0.6 is 0 Å². The van der Waals surface area contributed by atoms with Crippen molar-refractivity contribution < 1.29 is 12.8 Å². The van der Waals surface area contributed by atoms with Crippen LogP contribution in [0.4, 0.5) is 15.8 Å². The van der Waals surface area contributed by atoms with Gasteiger partial charge in [-0.3, -0.25) is 10.3 Å². The Morgan fingerprint density at radius 1 is 1.35 bits per heavy atom. The standard InChI is InChI=1S/C16H17FN6O2S/c1-11(2)21-16(20-10-18)23-26(24,25)15-9-19-7-6-14(15)22-13-5-3-4-12(17)8-13/h3-9,11H,1-2H3,(H,19,22)(H2,20,21,23). The van der Waals surface area contributed by atoms with Crippen molar-refractivity contribution in [2.45, 2.75) is 24.8 Å². The Kier molecular flexibility index (Phi) is 6.08. The molecule has 136 valence electrons. The highest BCUT2D eigenvalue weighted by atomic mass is 32.2. The van der Waals surface area contributed by atoms with E-state index in [1.54, 1.807) is 26.1 Å². The molecule has 1 aromatic heterocycles. The molecular formula is C16H17FN6O2S. The minimum Gasteiger partial charge on any atom is -0.354 e. The Morgan fingerprint density at radius 3 is 2.77 bits per heavy atom. The van der Waals surface area contributed by atoms with E-state index in [2.05, 4.69) is 25.3 Å². The van der Waals surface area contributed by atoms with Crippen LogP contribution in [-0.2, 0) is 10.0 Å². The number of nitrogens with one attached hydrogen (secondary N) is 3. The van der Waals surface area contributed by atoms with Crippen molar-refractivity contribution in [3.05, 3.63) is 48.5 Å². The SMILES string of the molecule is CC(C)N=C(NC#N)NS(=O)(=O)c1cnccc1Nc1cccc(F)c1. The van der Waals surface area contributed by atoms with Crippen molar-refractivity contribution in [2.24, 2.45) is 4.99 Å². The van der Waals surface area contributed by atoms with Crippen LogP contribution in [0.15, 0.2) is 52.6 Å². The van der Waals surface area contributed by atoms with Gasteiger partial charge in [0.1, 0.15) is 10.7 Å². The van der Waals surface area contributed by atoms with E-state index in [9.17, 15) is 12.8 Å². The number of pyridine rings is 1. The van der Waals surface area contributed by atoms with Gasteiger partial charge in [0.05, 0.1) is 5.69 Å². The normalized spacial score (nSPS) is 11.7. The lowest BCUT2D eigenvalue weighted by Crippen LogP contribution is -2.39. The summed E-state index contributed by atoms with van der Waals surface area (Å²) in [7, 11) is -4.10. The number of aliphatic imine (C=N–C) groups is 1. The molecule has 0 aliphatic heterocycles. The maximum Gasteiger partial charge on any atom is 0.267 e. The van der Waals surface area contributed by atoms with Gasteiger partial charge in [-0.2, -0.15) is 5.26 Å². The van der Waals surface area contributed by atoms with Gasteiger partial charge in [-0.1, -0.05) is 6.07 Å². The molecular weight excluding hydrogens is 359 g/mol. The molecule has 10 heteroatoms. The molecule has 0 saturated carbocycles. The zero-order valence-electron chi connectivity index (χ0n) is 14.1. The van der Waals surface area contributed by atoms with Gasteiger partial charge in [0, 0.05) is 24.1 Å². The third kappa shape index (κ3) is 5.15. The van der Waals surface area contributed by atoms with E-state index < -0.39 is 15.8 Å². The molecule has 2 aromatic rings. The molecule has 0 spiro atoms. The van der Waals surface area contributed by atoms with Crippen molar-refractivity contribution >= 4 is 27.4 Å². The second-order valence-electron chi connectivity index (χ2n) is 5.42. The molecule has 2 rings (SSSR count). The van der Waals surface area contributed by atoms with Crippen molar-refractivity contribution in [1.29, 1.82) is 5.26 Å². The lowest BCUT2D eigenvalue weighted by Gasteiger charge is -2.14. The fourth-order valence-electron chi connectivity index (χ4n) is 2.00. The summed E-state index contributed by atoms with van der Waals surface area (Å²) in [4.78, 5) is 7.65. The first-order valence-electron chi connectivity index (χ1n) is 7.54. The lowest BCUT2D eigenvalue weighted by molar-refractivity contribution is 0.591. The van der Waals surface area contributed by atoms with E-state index in [4.69, 9.17) is 5.26 Å². The summed E-state index contributed by atoms with van der Waals surface area (Å²) in [6.45, 7) is 3.46. The molecule has 26 heavy (non-hydrogen) atoms. The highest BCUT2D eigenvalue weighted by Gasteiger charge is 2.21. The quantitative estimate of drug-likeness (QED) is 0.318. The van der Waals surface area contributed by atoms with Gasteiger partial charge in [0.25, 0.3) is 10.0 Å². The first-order chi connectivity index (χ1) is 12.3. The summed E-state index contributed by atoms with van der Waals surface area (Å²) >= 11 is 0. The van der Waals surface area contributed by atoms with E-state index in [-0.39, 0.29) is 22.6 Å². The van der Waals surface area contributed by atoms with Gasteiger partial charge < -0.3 is 5.32 Å². The minimum atomic E-state index is -4.10. The second-order valence-corrected chi connectivity index (χ2v) is 7.07. The molecule has 0 unspecified atom stereocenters. The van der Waals surface area contributed by atoms with Crippen molar-refractivity contribution in [1.82, 2.24) is 15.0 Å². The zero-order chi connectivity index (χ0) is 19.2. The molecule has 3 N–H and O–H groups in total. The Labute approximate surface area is 150 Å². The van der Waals surface area contributed by atoms with Crippen LogP contribution in [0.2, 0.25) is 0 Å². The average Bonchev–Trinajstić information content (AvgIpc) is 2.54. The molecule has 1 heterocycles. The second kappa shape index (κ2) is 8.26. The number of nitrogens with zero attached hydrogens (tertiary/aromatic N) is 3. The van der Waals surface area contributed by atoms with Crippen molar-refractivity contribution in [3.63, 3.8) is 0 Å². The van der Waals surface area contributed by atoms with E-state index in [0.29, 0.717) is 5.69 Å². The third-order valence-electron chi connectivity index (χ3n) is 2.97. The summed E-state index contributed by atoms with van der Waals surface area (Å²) in [6.07, 6.45) is 4.17. The Hall–Kier alpha value is -3.19. The molecule has 0 fully saturated rings. The Bertz CT molecular complexity index is 953. The molecule has 0 bridgehead atoms. The van der Waals surface area contributed by atoms with E-state index in [1.165, 1.54) is 30.5 Å². The number of sulfonamides is 1. The molecule has 0 aliphatic rings. The van der Waals surface area contributed by atoms with Crippen LogP contribution in [0, 0.1) is 17.3 Å². The summed E-state index contributed by atoms with van der Waals surface area (Å²) in [5.41, 5.74) is 0.567. The predicted octanol–water partition coefficient (Wildman–Crippen LogP) is 2.08. The van der Waals surface area contributed by atoms with E-state index >= 15 is 0 Å². The highest BCUT2D eigenvalue weighted by Crippen LogP contribution is 2.24. The van der Waals surface area contributed by atoms with Gasteiger partial charge in [0.15, 0.2) is 6.19 Å². The Balaban J connectivity index is 2.37. The average molecular weight is 376 g/mol. The fraction of sp³-hybridized carbons (Fsp3) is 0.188. The molecule has 1 aromatic carbocycles. The summed E-state index contributed by atoms with van der Waals surface area (Å²) < 4.78 is 40.9. The maximum atomic E-state index is 13.3. The molecule has 0 atom stereocenters. The van der Waals surface area contributed by atoms with E-state index in [0.717, 1.165) is 6.20 Å². The topological polar surface area (TPSA) is 119 Å². The minimum absolute atomic E-state index is 0.180. The summed E-state index contributed by atoms with van der Waals surface area (Å²) in [6, 6.07) is 6.79. The van der Waals surface area contributed by atoms with Crippen LogP contribution in [0.5, 0.6) is 0 Å². The van der Waals surface area contributed by atoms with Crippen molar-refractivity contribution in [3.8, 4) is 6.19 Å². The summed E-state index contributed by atoms with van der Waals surface area (Å²) in [5, 5.41) is 13.8. The number of hydrogen-bond acceptors (Lipinski definition) is 6. The van der Waals surface area contributed by atoms with E-state index in [1.807, 2.05) is 0 Å².